The van der Waals surface area contributed by atoms with E-state index in [2.05, 4.69) is 166 Å². The zero-order valence-electron chi connectivity index (χ0n) is 68.7. The van der Waals surface area contributed by atoms with E-state index in [1.165, 1.54) is 173 Å². The smallest absolute Gasteiger partial charge is 0.0596 e. The molecule has 8 heteroatoms. The van der Waals surface area contributed by atoms with Crippen molar-refractivity contribution >= 4 is 0 Å². The van der Waals surface area contributed by atoms with Crippen LogP contribution < -0.4 is 0 Å². The van der Waals surface area contributed by atoms with Gasteiger partial charge in [-0.25, -0.2) is 0 Å². The molecule has 8 N–H and O–H groups in total. The molecule has 8 saturated carbocycles. The van der Waals surface area contributed by atoms with Crippen LogP contribution in [-0.2, 0) is 0 Å². The van der Waals surface area contributed by atoms with E-state index in [1.807, 2.05) is 0 Å². The maximum absolute atomic E-state index is 9.94. The Morgan fingerprint density at radius 1 is 0.208 bits per heavy atom. The van der Waals surface area contributed by atoms with Crippen LogP contribution in [0.4, 0.5) is 0 Å². The Morgan fingerprint density at radius 3 is 1.20 bits per heavy atom. The number of rotatable bonds is 16. The number of aliphatic hydroxyl groups excluding tert-OH is 8. The fraction of sp³-hybridized carbons (Fsp3) is 1.00. The third kappa shape index (κ3) is 33.2. The molecule has 0 amide bonds. The molecule has 8 aliphatic rings. The maximum Gasteiger partial charge on any atom is 0.0596 e. The van der Waals surface area contributed by atoms with Gasteiger partial charge in [-0.3, -0.25) is 0 Å². The maximum atomic E-state index is 9.94. The van der Waals surface area contributed by atoms with Gasteiger partial charge in [-0.15, -0.1) is 0 Å². The van der Waals surface area contributed by atoms with Crippen LogP contribution in [0.2, 0.25) is 0 Å². The third-order valence-electron chi connectivity index (χ3n) is 27.6. The van der Waals surface area contributed by atoms with Gasteiger partial charge in [-0.2, -0.15) is 0 Å². The third-order valence-corrected chi connectivity index (χ3v) is 27.6. The SMILES string of the molecule is CCCC1C(C)CCC(C)C1O.CCCC1C(C)CCC(O)C1C.CCCC1CC(C)C(C)CC1O.CCCC1CC(C)CC(C)C1O.CCCC1CC(C)CC(O)C1C.CCCC1CC(O)CC(C)C1C.CCCC1CCC(C)C(C)C1O.CCCC1CCC(C)C(O)C1C. The summed E-state index contributed by atoms with van der Waals surface area (Å²) in [5.41, 5.74) is 0. The average Bonchev–Trinajstić information content (AvgIpc) is 3.17. The van der Waals surface area contributed by atoms with Gasteiger partial charge in [0, 0.05) is 0 Å². The fourth-order valence-electron chi connectivity index (χ4n) is 19.9. The number of hydrogen-bond donors (Lipinski definition) is 8. The first-order valence-electron chi connectivity index (χ1n) is 42.7. The summed E-state index contributed by atoms with van der Waals surface area (Å²) < 4.78 is 0. The molecule has 8 fully saturated rings. The van der Waals surface area contributed by atoms with Crippen LogP contribution >= 0.6 is 0 Å². The Bertz CT molecular complexity index is 1690. The molecule has 0 aromatic carbocycles. The molecule has 8 nitrogen and oxygen atoms in total. The minimum atomic E-state index is -0.0460. The molecule has 0 aromatic rings. The molecule has 0 saturated heterocycles. The van der Waals surface area contributed by atoms with Gasteiger partial charge >= 0.3 is 0 Å². The van der Waals surface area contributed by atoms with Gasteiger partial charge in [-0.1, -0.05) is 256 Å². The summed E-state index contributed by atoms with van der Waals surface area (Å²) >= 11 is 0. The Morgan fingerprint density at radius 2 is 0.625 bits per heavy atom. The molecule has 32 unspecified atom stereocenters. The van der Waals surface area contributed by atoms with Crippen molar-refractivity contribution in [2.45, 2.75) is 420 Å². The summed E-state index contributed by atoms with van der Waals surface area (Å²) in [5, 5.41) is 78.4. The highest BCUT2D eigenvalue weighted by Crippen LogP contribution is 2.43. The second kappa shape index (κ2) is 51.0. The quantitative estimate of drug-likeness (QED) is 0.0758. The van der Waals surface area contributed by atoms with E-state index in [4.69, 9.17) is 0 Å². The fourth-order valence-corrected chi connectivity index (χ4v) is 19.9. The van der Waals surface area contributed by atoms with Gasteiger partial charge < -0.3 is 40.9 Å². The van der Waals surface area contributed by atoms with E-state index >= 15 is 0 Å². The summed E-state index contributed by atoms with van der Waals surface area (Å²) in [7, 11) is 0. The lowest BCUT2D eigenvalue weighted by molar-refractivity contribution is -0.00696. The number of hydrogen-bond acceptors (Lipinski definition) is 8. The van der Waals surface area contributed by atoms with Crippen LogP contribution in [0.15, 0.2) is 0 Å². The lowest BCUT2D eigenvalue weighted by atomic mass is 9.70. The Hall–Kier alpha value is -0.320. The molecule has 8 rings (SSSR count). The van der Waals surface area contributed by atoms with Crippen LogP contribution in [-0.4, -0.2) is 89.7 Å². The Labute approximate surface area is 600 Å². The van der Waals surface area contributed by atoms with Gasteiger partial charge in [0.25, 0.3) is 0 Å². The van der Waals surface area contributed by atoms with Crippen LogP contribution in [0.25, 0.3) is 0 Å². The standard InChI is InChI=1S/8C11H22O/c1-4-5-10-7-11(12)6-8(2)9(10)3;1-4-5-10-6-8(2)9(3)7-11(10)12;1-4-5-10-6-8(2)7-11(12)9(10)3;1-4-5-10-7-8(2)6-9(3)11(10)12;1-4-5-10-8(2)6-7-11(12)9(10)3;1-4-5-10-7-6-8(2)11(12)9(10)3;1-4-5-10-7-6-8(2)9(3)11(10)12;1-4-5-10-8(2)6-7-9(3)11(10)12/h8*8-12H,4-7H2,1-3H3. The van der Waals surface area contributed by atoms with Crippen molar-refractivity contribution in [1.82, 2.24) is 0 Å². The average molecular weight is 1360 g/mol. The predicted octanol–water partition coefficient (Wildman–Crippen LogP) is 22.6. The molecule has 0 heterocycles. The van der Waals surface area contributed by atoms with Gasteiger partial charge in [0.1, 0.15) is 0 Å². The normalized spacial score (nSPS) is 43.0. The molecular weight excluding hydrogens is 1180 g/mol. The van der Waals surface area contributed by atoms with E-state index in [1.54, 1.807) is 0 Å². The summed E-state index contributed by atoms with van der Waals surface area (Å²) in [6.07, 6.45) is 38.6. The van der Waals surface area contributed by atoms with Crippen molar-refractivity contribution < 1.29 is 40.9 Å². The van der Waals surface area contributed by atoms with Gasteiger partial charge in [0.05, 0.1) is 48.8 Å². The van der Waals surface area contributed by atoms with Crippen molar-refractivity contribution in [1.29, 1.82) is 0 Å². The predicted molar refractivity (Wildman–Crippen MR) is 416 cm³/mol. The van der Waals surface area contributed by atoms with E-state index in [0.717, 1.165) is 91.3 Å². The monoisotopic (exact) mass is 1360 g/mol. The molecule has 0 bridgehead atoms. The summed E-state index contributed by atoms with van der Waals surface area (Å²) in [6.45, 7) is 53.8. The summed E-state index contributed by atoms with van der Waals surface area (Å²) in [6, 6.07) is 0. The Balaban J connectivity index is 0.000000549. The lowest BCUT2D eigenvalue weighted by Crippen LogP contribution is -2.36. The number of aliphatic hydroxyl groups is 8. The summed E-state index contributed by atoms with van der Waals surface area (Å²) in [5.74, 6) is 15.9. The molecule has 0 aliphatic heterocycles. The second-order valence-electron chi connectivity index (χ2n) is 36.0. The lowest BCUT2D eigenvalue weighted by Gasteiger charge is -2.38. The first-order chi connectivity index (χ1) is 45.2. The van der Waals surface area contributed by atoms with Crippen LogP contribution in [0.5, 0.6) is 0 Å². The van der Waals surface area contributed by atoms with Crippen LogP contribution in [0.1, 0.15) is 372 Å². The van der Waals surface area contributed by atoms with Crippen molar-refractivity contribution in [2.75, 3.05) is 0 Å². The zero-order valence-corrected chi connectivity index (χ0v) is 68.7. The second-order valence-corrected chi connectivity index (χ2v) is 36.0. The summed E-state index contributed by atoms with van der Waals surface area (Å²) in [4.78, 5) is 0. The van der Waals surface area contributed by atoms with Crippen LogP contribution in [0.3, 0.4) is 0 Å². The molecule has 32 atom stereocenters. The van der Waals surface area contributed by atoms with Gasteiger partial charge in [-0.05, 0) is 258 Å². The zero-order chi connectivity index (χ0) is 73.1. The van der Waals surface area contributed by atoms with Gasteiger partial charge in [0.2, 0.25) is 0 Å². The molecule has 96 heavy (non-hydrogen) atoms. The van der Waals surface area contributed by atoms with Gasteiger partial charge in [0.15, 0.2) is 0 Å². The van der Waals surface area contributed by atoms with E-state index < -0.39 is 0 Å². The molecule has 0 aromatic heterocycles. The first kappa shape index (κ1) is 93.7. The minimum Gasteiger partial charge on any atom is -0.393 e. The van der Waals surface area contributed by atoms with Crippen molar-refractivity contribution in [2.24, 2.45) is 142 Å². The van der Waals surface area contributed by atoms with E-state index in [0.29, 0.717) is 82.9 Å². The highest BCUT2D eigenvalue weighted by atomic mass is 16.3. The minimum absolute atomic E-state index is 0.0175. The highest BCUT2D eigenvalue weighted by molar-refractivity contribution is 4.89. The van der Waals surface area contributed by atoms with Crippen molar-refractivity contribution in [3.8, 4) is 0 Å². The molecule has 0 spiro atoms. The Kier molecular flexibility index (Phi) is 49.7. The molecular formula is C88H176O8. The largest absolute Gasteiger partial charge is 0.393 e. The molecule has 576 valence electrons. The van der Waals surface area contributed by atoms with E-state index in [9.17, 15) is 40.9 Å². The van der Waals surface area contributed by atoms with Crippen molar-refractivity contribution in [3.63, 3.8) is 0 Å². The topological polar surface area (TPSA) is 162 Å². The molecule has 0 radical (unpaired) electrons. The van der Waals surface area contributed by atoms with E-state index in [-0.39, 0.29) is 48.8 Å². The van der Waals surface area contributed by atoms with Crippen molar-refractivity contribution in [3.05, 3.63) is 0 Å². The first-order valence-corrected chi connectivity index (χ1v) is 42.7. The molecule has 8 aliphatic carbocycles. The highest BCUT2D eigenvalue weighted by Gasteiger charge is 2.38. The van der Waals surface area contributed by atoms with Crippen LogP contribution in [0, 0.1) is 142 Å².